The maximum Gasteiger partial charge on any atom is 0.143 e. The lowest BCUT2D eigenvalue weighted by molar-refractivity contribution is 0.409. The minimum absolute atomic E-state index is 0.395. The van der Waals surface area contributed by atoms with Gasteiger partial charge in [0.2, 0.25) is 0 Å². The van der Waals surface area contributed by atoms with E-state index in [0.29, 0.717) is 12.3 Å². The van der Waals surface area contributed by atoms with Crippen LogP contribution in [0.2, 0.25) is 0 Å². The Hall–Kier alpha value is -0.560. The van der Waals surface area contributed by atoms with Crippen LogP contribution in [-0.4, -0.2) is 7.11 Å². The molecular formula is C14H12Br3NO2. The molecule has 0 aliphatic heterocycles. The van der Waals surface area contributed by atoms with Gasteiger partial charge >= 0.3 is 0 Å². The van der Waals surface area contributed by atoms with Crippen molar-refractivity contribution in [2.24, 2.45) is 5.73 Å². The number of nitrogens with two attached hydrogens (primary N) is 1. The lowest BCUT2D eigenvalue weighted by Gasteiger charge is -2.14. The van der Waals surface area contributed by atoms with Crippen molar-refractivity contribution in [1.29, 1.82) is 0 Å². The van der Waals surface area contributed by atoms with Gasteiger partial charge in [0.25, 0.3) is 0 Å². The Morgan fingerprint density at radius 3 is 2.25 bits per heavy atom. The van der Waals surface area contributed by atoms with Gasteiger partial charge in [-0.3, -0.25) is 0 Å². The normalized spacial score (nSPS) is 10.4. The van der Waals surface area contributed by atoms with Crippen molar-refractivity contribution < 1.29 is 9.47 Å². The van der Waals surface area contributed by atoms with Crippen molar-refractivity contribution in [3.8, 4) is 17.2 Å². The highest BCUT2D eigenvalue weighted by molar-refractivity contribution is 9.11. The number of rotatable bonds is 4. The van der Waals surface area contributed by atoms with E-state index in [1.807, 2.05) is 30.3 Å². The molecule has 0 radical (unpaired) electrons. The molecule has 3 nitrogen and oxygen atoms in total. The second kappa shape index (κ2) is 6.93. The lowest BCUT2D eigenvalue weighted by Crippen LogP contribution is -2.01. The van der Waals surface area contributed by atoms with Crippen molar-refractivity contribution in [2.75, 3.05) is 7.11 Å². The molecule has 0 bridgehead atoms. The van der Waals surface area contributed by atoms with Gasteiger partial charge in [0.15, 0.2) is 0 Å². The fraction of sp³-hybridized carbons (Fsp3) is 0.143. The Morgan fingerprint density at radius 2 is 1.60 bits per heavy atom. The third-order valence-corrected chi connectivity index (χ3v) is 4.69. The van der Waals surface area contributed by atoms with Crippen molar-refractivity contribution >= 4 is 47.8 Å². The molecule has 2 aromatic rings. The molecule has 0 aliphatic rings. The average molecular weight is 466 g/mol. The molecule has 0 saturated carbocycles. The summed E-state index contributed by atoms with van der Waals surface area (Å²) in [6.45, 7) is 0.395. The zero-order chi connectivity index (χ0) is 14.7. The highest BCUT2D eigenvalue weighted by Crippen LogP contribution is 2.39. The van der Waals surface area contributed by atoms with E-state index < -0.39 is 0 Å². The molecule has 2 aromatic carbocycles. The van der Waals surface area contributed by atoms with Crippen molar-refractivity contribution in [1.82, 2.24) is 0 Å². The molecule has 20 heavy (non-hydrogen) atoms. The van der Waals surface area contributed by atoms with E-state index in [0.717, 1.165) is 30.5 Å². The van der Waals surface area contributed by atoms with Gasteiger partial charge < -0.3 is 15.2 Å². The smallest absolute Gasteiger partial charge is 0.143 e. The van der Waals surface area contributed by atoms with E-state index >= 15 is 0 Å². The SMILES string of the molecule is COc1cc(Br)c(Oc2cccc(Br)c2CN)cc1Br. The summed E-state index contributed by atoms with van der Waals surface area (Å²) in [7, 11) is 1.62. The highest BCUT2D eigenvalue weighted by atomic mass is 79.9. The molecule has 0 aliphatic carbocycles. The number of ether oxygens (including phenoxy) is 2. The maximum atomic E-state index is 5.95. The Morgan fingerprint density at radius 1 is 0.950 bits per heavy atom. The Kier molecular flexibility index (Phi) is 5.49. The zero-order valence-corrected chi connectivity index (χ0v) is 15.4. The first-order chi connectivity index (χ1) is 9.56. The summed E-state index contributed by atoms with van der Waals surface area (Å²) in [6, 6.07) is 9.43. The van der Waals surface area contributed by atoms with Crippen molar-refractivity contribution in [2.45, 2.75) is 6.54 Å². The van der Waals surface area contributed by atoms with Gasteiger partial charge in [-0.15, -0.1) is 0 Å². The molecule has 0 heterocycles. The van der Waals surface area contributed by atoms with Crippen LogP contribution in [0.25, 0.3) is 0 Å². The van der Waals surface area contributed by atoms with Crippen LogP contribution < -0.4 is 15.2 Å². The highest BCUT2D eigenvalue weighted by Gasteiger charge is 2.12. The van der Waals surface area contributed by atoms with Gasteiger partial charge in [-0.1, -0.05) is 22.0 Å². The summed E-state index contributed by atoms with van der Waals surface area (Å²) in [5.74, 6) is 2.14. The van der Waals surface area contributed by atoms with Crippen LogP contribution in [0.5, 0.6) is 17.2 Å². The summed E-state index contributed by atoms with van der Waals surface area (Å²) in [4.78, 5) is 0. The van der Waals surface area contributed by atoms with E-state index in [4.69, 9.17) is 15.2 Å². The molecule has 106 valence electrons. The average Bonchev–Trinajstić information content (AvgIpc) is 2.42. The number of halogens is 3. The van der Waals surface area contributed by atoms with Crippen LogP contribution in [0.4, 0.5) is 0 Å². The van der Waals surface area contributed by atoms with Gasteiger partial charge in [-0.05, 0) is 56.1 Å². The molecule has 0 fully saturated rings. The molecule has 2 rings (SSSR count). The van der Waals surface area contributed by atoms with Crippen LogP contribution in [-0.2, 0) is 6.54 Å². The van der Waals surface area contributed by atoms with Crippen molar-refractivity contribution in [3.63, 3.8) is 0 Å². The molecule has 0 aromatic heterocycles. The first-order valence-corrected chi connectivity index (χ1v) is 8.13. The standard InChI is InChI=1S/C14H12Br3NO2/c1-19-13-5-11(17)14(6-10(13)16)20-12-4-2-3-9(15)8(12)7-18/h2-6H,7,18H2,1H3. The Balaban J connectivity index is 2.40. The first kappa shape index (κ1) is 15.8. The summed E-state index contributed by atoms with van der Waals surface area (Å²) in [6.07, 6.45) is 0. The fourth-order valence-corrected chi connectivity index (χ4v) is 3.09. The molecule has 0 unspecified atom stereocenters. The number of hydrogen-bond donors (Lipinski definition) is 1. The molecular weight excluding hydrogens is 454 g/mol. The molecule has 0 saturated heterocycles. The summed E-state index contributed by atoms with van der Waals surface area (Å²) < 4.78 is 13.7. The predicted molar refractivity (Wildman–Crippen MR) is 90.5 cm³/mol. The third-order valence-electron chi connectivity index (χ3n) is 2.71. The van der Waals surface area contributed by atoms with Crippen LogP contribution in [0.15, 0.2) is 43.7 Å². The monoisotopic (exact) mass is 463 g/mol. The topological polar surface area (TPSA) is 44.5 Å². The van der Waals surface area contributed by atoms with Gasteiger partial charge in [0, 0.05) is 16.6 Å². The second-order valence-electron chi connectivity index (χ2n) is 3.94. The van der Waals surface area contributed by atoms with E-state index in [-0.39, 0.29) is 0 Å². The largest absolute Gasteiger partial charge is 0.496 e. The van der Waals surface area contributed by atoms with E-state index in [1.165, 1.54) is 0 Å². The van der Waals surface area contributed by atoms with E-state index in [1.54, 1.807) is 7.11 Å². The molecule has 0 atom stereocenters. The van der Waals surface area contributed by atoms with E-state index in [9.17, 15) is 0 Å². The summed E-state index contributed by atoms with van der Waals surface area (Å²) >= 11 is 10.4. The predicted octanol–water partition coefficient (Wildman–Crippen LogP) is 5.23. The van der Waals surface area contributed by atoms with E-state index in [2.05, 4.69) is 47.8 Å². The van der Waals surface area contributed by atoms with Gasteiger partial charge in [0.1, 0.15) is 17.2 Å². The molecule has 6 heteroatoms. The number of hydrogen-bond acceptors (Lipinski definition) is 3. The van der Waals surface area contributed by atoms with Gasteiger partial charge in [-0.2, -0.15) is 0 Å². The van der Waals surface area contributed by atoms with Crippen LogP contribution in [0, 0.1) is 0 Å². The quantitative estimate of drug-likeness (QED) is 0.672. The van der Waals surface area contributed by atoms with Crippen LogP contribution in [0.1, 0.15) is 5.56 Å². The third kappa shape index (κ3) is 3.36. The lowest BCUT2D eigenvalue weighted by atomic mass is 10.2. The number of benzene rings is 2. The molecule has 0 amide bonds. The minimum atomic E-state index is 0.395. The maximum absolute atomic E-state index is 5.95. The Bertz CT molecular complexity index is 632. The minimum Gasteiger partial charge on any atom is -0.496 e. The Labute approximate surface area is 142 Å². The van der Waals surface area contributed by atoms with Gasteiger partial charge in [0.05, 0.1) is 16.1 Å². The summed E-state index contributed by atoms with van der Waals surface area (Å²) in [5.41, 5.74) is 6.69. The fourth-order valence-electron chi connectivity index (χ4n) is 1.70. The molecule has 2 N–H and O–H groups in total. The number of methoxy groups -OCH3 is 1. The second-order valence-corrected chi connectivity index (χ2v) is 6.50. The zero-order valence-electron chi connectivity index (χ0n) is 10.6. The van der Waals surface area contributed by atoms with Crippen LogP contribution >= 0.6 is 47.8 Å². The van der Waals surface area contributed by atoms with Crippen LogP contribution in [0.3, 0.4) is 0 Å². The van der Waals surface area contributed by atoms with Gasteiger partial charge in [-0.25, -0.2) is 0 Å². The van der Waals surface area contributed by atoms with Crippen molar-refractivity contribution in [3.05, 3.63) is 49.3 Å². The summed E-state index contributed by atoms with van der Waals surface area (Å²) in [5, 5.41) is 0. The first-order valence-electron chi connectivity index (χ1n) is 5.75. The molecule has 0 spiro atoms.